The molecule has 0 saturated carbocycles. The van der Waals surface area contributed by atoms with Crippen LogP contribution in [0.3, 0.4) is 0 Å². The Morgan fingerprint density at radius 3 is 2.80 bits per heavy atom. The van der Waals surface area contributed by atoms with Crippen LogP contribution in [-0.2, 0) is 9.59 Å². The number of carbonyl (C=O) groups excluding carboxylic acids is 3. The van der Waals surface area contributed by atoms with Crippen molar-refractivity contribution >= 4 is 29.1 Å². The van der Waals surface area contributed by atoms with Crippen molar-refractivity contribution in [3.63, 3.8) is 0 Å². The molecule has 2 rings (SSSR count). The fourth-order valence-corrected chi connectivity index (χ4v) is 3.55. The zero-order valence-electron chi connectivity index (χ0n) is 14.3. The fourth-order valence-electron chi connectivity index (χ4n) is 2.91. The van der Waals surface area contributed by atoms with E-state index in [9.17, 15) is 14.4 Å². The maximum atomic E-state index is 12.5. The number of rotatable bonds is 8. The van der Waals surface area contributed by atoms with Crippen LogP contribution < -0.4 is 16.4 Å². The van der Waals surface area contributed by atoms with Gasteiger partial charge in [0.05, 0.1) is 4.88 Å². The van der Waals surface area contributed by atoms with Gasteiger partial charge in [0.25, 0.3) is 5.91 Å². The second-order valence-corrected chi connectivity index (χ2v) is 7.01. The molecule has 1 aliphatic rings. The highest BCUT2D eigenvalue weighted by Crippen LogP contribution is 2.17. The smallest absolute Gasteiger partial charge is 0.261 e. The van der Waals surface area contributed by atoms with Crippen molar-refractivity contribution in [2.75, 3.05) is 26.2 Å². The van der Waals surface area contributed by atoms with Crippen molar-refractivity contribution in [2.24, 2.45) is 5.73 Å². The highest BCUT2D eigenvalue weighted by atomic mass is 32.1. The number of thiophene rings is 1. The van der Waals surface area contributed by atoms with E-state index in [1.165, 1.54) is 11.3 Å². The van der Waals surface area contributed by atoms with Gasteiger partial charge in [-0.2, -0.15) is 0 Å². The number of hydrogen-bond donors (Lipinski definition) is 3. The van der Waals surface area contributed by atoms with E-state index in [0.717, 1.165) is 19.3 Å². The molecule has 8 heteroatoms. The average Bonchev–Trinajstić information content (AvgIpc) is 3.15. The van der Waals surface area contributed by atoms with Crippen LogP contribution in [0.2, 0.25) is 0 Å². The number of carbonyl (C=O) groups is 3. The van der Waals surface area contributed by atoms with Gasteiger partial charge in [-0.05, 0) is 30.7 Å². The molecule has 0 bridgehead atoms. The number of nitrogens with one attached hydrogen (secondary N) is 2. The van der Waals surface area contributed by atoms with E-state index in [0.29, 0.717) is 37.5 Å². The number of nitrogens with two attached hydrogens (primary N) is 1. The summed E-state index contributed by atoms with van der Waals surface area (Å²) in [5.74, 6) is -0.208. The van der Waals surface area contributed by atoms with Crippen molar-refractivity contribution in [2.45, 2.75) is 38.1 Å². The normalized spacial score (nSPS) is 17.2. The summed E-state index contributed by atoms with van der Waals surface area (Å²) >= 11 is 1.38. The molecule has 1 unspecified atom stereocenters. The summed E-state index contributed by atoms with van der Waals surface area (Å²) in [4.78, 5) is 38.4. The number of nitrogens with zero attached hydrogens (tertiary/aromatic N) is 1. The molecule has 0 radical (unpaired) electrons. The molecule has 0 aromatic carbocycles. The SMILES string of the molecule is NCCC(=O)NCC1CCCCN1C(=O)CCNC(=O)c1cccs1. The Bertz CT molecular complexity index is 576. The number of hydrogen-bond acceptors (Lipinski definition) is 5. The molecule has 1 saturated heterocycles. The lowest BCUT2D eigenvalue weighted by atomic mass is 10.0. The van der Waals surface area contributed by atoms with Crippen molar-refractivity contribution in [1.82, 2.24) is 15.5 Å². The second kappa shape index (κ2) is 10.1. The number of amides is 3. The minimum absolute atomic E-state index is 0.0178. The van der Waals surface area contributed by atoms with Gasteiger partial charge in [0.15, 0.2) is 0 Å². The molecule has 2 heterocycles. The van der Waals surface area contributed by atoms with Gasteiger partial charge >= 0.3 is 0 Å². The fraction of sp³-hybridized carbons (Fsp3) is 0.588. The summed E-state index contributed by atoms with van der Waals surface area (Å²) in [5, 5.41) is 7.47. The Balaban J connectivity index is 1.77. The van der Waals surface area contributed by atoms with Gasteiger partial charge in [0.1, 0.15) is 0 Å². The van der Waals surface area contributed by atoms with Gasteiger partial charge in [-0.3, -0.25) is 14.4 Å². The maximum absolute atomic E-state index is 12.5. The van der Waals surface area contributed by atoms with Crippen LogP contribution >= 0.6 is 11.3 Å². The standard InChI is InChI=1S/C17H26N4O3S/c18-8-6-15(22)20-12-13-4-1-2-10-21(13)16(23)7-9-19-17(24)14-5-3-11-25-14/h3,5,11,13H,1-2,4,6-10,12,18H2,(H,19,24)(H,20,22). The first-order valence-corrected chi connectivity index (χ1v) is 9.57. The Morgan fingerprint density at radius 2 is 2.08 bits per heavy atom. The molecule has 1 atom stereocenters. The van der Waals surface area contributed by atoms with Crippen LogP contribution in [0.25, 0.3) is 0 Å². The first-order chi connectivity index (χ1) is 12.1. The zero-order valence-corrected chi connectivity index (χ0v) is 15.1. The van der Waals surface area contributed by atoms with Gasteiger partial charge < -0.3 is 21.3 Å². The Labute approximate surface area is 151 Å². The molecular formula is C17H26N4O3S. The highest BCUT2D eigenvalue weighted by Gasteiger charge is 2.26. The maximum Gasteiger partial charge on any atom is 0.261 e. The molecule has 1 aromatic rings. The lowest BCUT2D eigenvalue weighted by Crippen LogP contribution is -2.50. The first kappa shape index (κ1) is 19.4. The third-order valence-corrected chi connectivity index (χ3v) is 5.09. The van der Waals surface area contributed by atoms with Gasteiger partial charge in [-0.15, -0.1) is 11.3 Å². The molecule has 138 valence electrons. The lowest BCUT2D eigenvalue weighted by Gasteiger charge is -2.36. The zero-order chi connectivity index (χ0) is 18.1. The molecule has 3 amide bonds. The second-order valence-electron chi connectivity index (χ2n) is 6.06. The molecule has 1 aromatic heterocycles. The molecule has 25 heavy (non-hydrogen) atoms. The van der Waals surface area contributed by atoms with Crippen LogP contribution in [0.5, 0.6) is 0 Å². The summed E-state index contributed by atoms with van der Waals surface area (Å²) in [6, 6.07) is 3.60. The van der Waals surface area contributed by atoms with E-state index in [4.69, 9.17) is 5.73 Å². The minimum Gasteiger partial charge on any atom is -0.354 e. The third-order valence-electron chi connectivity index (χ3n) is 4.22. The van der Waals surface area contributed by atoms with E-state index < -0.39 is 0 Å². The van der Waals surface area contributed by atoms with Crippen molar-refractivity contribution < 1.29 is 14.4 Å². The lowest BCUT2D eigenvalue weighted by molar-refractivity contribution is -0.135. The van der Waals surface area contributed by atoms with Crippen molar-refractivity contribution in [1.29, 1.82) is 0 Å². The topological polar surface area (TPSA) is 105 Å². The van der Waals surface area contributed by atoms with Crippen LogP contribution in [0.1, 0.15) is 41.8 Å². The highest BCUT2D eigenvalue weighted by molar-refractivity contribution is 7.12. The molecule has 1 fully saturated rings. The average molecular weight is 366 g/mol. The summed E-state index contributed by atoms with van der Waals surface area (Å²) in [6.45, 7) is 1.81. The van der Waals surface area contributed by atoms with E-state index in [1.54, 1.807) is 6.07 Å². The van der Waals surface area contributed by atoms with Gasteiger partial charge in [-0.25, -0.2) is 0 Å². The van der Waals surface area contributed by atoms with E-state index in [1.807, 2.05) is 16.3 Å². The molecular weight excluding hydrogens is 340 g/mol. The monoisotopic (exact) mass is 366 g/mol. The largest absolute Gasteiger partial charge is 0.354 e. The molecule has 4 N–H and O–H groups in total. The van der Waals surface area contributed by atoms with E-state index in [2.05, 4.69) is 10.6 Å². The summed E-state index contributed by atoms with van der Waals surface area (Å²) in [6.07, 6.45) is 3.48. The Kier molecular flexibility index (Phi) is 7.87. The van der Waals surface area contributed by atoms with Gasteiger partial charge in [-0.1, -0.05) is 6.07 Å². The van der Waals surface area contributed by atoms with Crippen molar-refractivity contribution in [3.05, 3.63) is 22.4 Å². The third kappa shape index (κ3) is 6.13. The predicted molar refractivity (Wildman–Crippen MR) is 97.3 cm³/mol. The predicted octanol–water partition coefficient (Wildman–Crippen LogP) is 0.714. The van der Waals surface area contributed by atoms with Crippen LogP contribution in [0, 0.1) is 0 Å². The molecule has 0 aliphatic carbocycles. The van der Waals surface area contributed by atoms with Crippen LogP contribution in [-0.4, -0.2) is 54.8 Å². The number of likely N-dealkylation sites (tertiary alicyclic amines) is 1. The minimum atomic E-state index is -0.146. The molecule has 7 nitrogen and oxygen atoms in total. The quantitative estimate of drug-likeness (QED) is 0.630. The van der Waals surface area contributed by atoms with Gasteiger partial charge in [0.2, 0.25) is 11.8 Å². The summed E-state index contributed by atoms with van der Waals surface area (Å²) in [5.41, 5.74) is 5.37. The Morgan fingerprint density at radius 1 is 1.24 bits per heavy atom. The Hall–Kier alpha value is -1.93. The number of piperidine rings is 1. The van der Waals surface area contributed by atoms with E-state index >= 15 is 0 Å². The van der Waals surface area contributed by atoms with E-state index in [-0.39, 0.29) is 30.2 Å². The molecule has 0 spiro atoms. The van der Waals surface area contributed by atoms with Gasteiger partial charge in [0, 0.05) is 45.1 Å². The molecule has 1 aliphatic heterocycles. The summed E-state index contributed by atoms with van der Waals surface area (Å²) in [7, 11) is 0. The van der Waals surface area contributed by atoms with Crippen LogP contribution in [0.4, 0.5) is 0 Å². The van der Waals surface area contributed by atoms with Crippen LogP contribution in [0.15, 0.2) is 17.5 Å². The first-order valence-electron chi connectivity index (χ1n) is 8.69. The summed E-state index contributed by atoms with van der Waals surface area (Å²) < 4.78 is 0. The van der Waals surface area contributed by atoms with Crippen molar-refractivity contribution in [3.8, 4) is 0 Å².